The van der Waals surface area contributed by atoms with Crippen molar-refractivity contribution in [3.05, 3.63) is 83.9 Å². The summed E-state index contributed by atoms with van der Waals surface area (Å²) in [5, 5.41) is 0. The predicted molar refractivity (Wildman–Crippen MR) is 136 cm³/mol. The number of morpholine rings is 1. The number of carbonyl (C=O) groups is 1. The molecule has 0 saturated carbocycles. The summed E-state index contributed by atoms with van der Waals surface area (Å²) in [4.78, 5) is 23.0. The van der Waals surface area contributed by atoms with Crippen molar-refractivity contribution in [2.24, 2.45) is 0 Å². The number of H-pyrrole nitrogens is 1. The van der Waals surface area contributed by atoms with Crippen LogP contribution in [0, 0.1) is 0 Å². The van der Waals surface area contributed by atoms with Crippen LogP contribution in [0.1, 0.15) is 11.1 Å². The summed E-state index contributed by atoms with van der Waals surface area (Å²) < 4.78 is 16.3. The first-order valence-corrected chi connectivity index (χ1v) is 11.5. The summed E-state index contributed by atoms with van der Waals surface area (Å²) >= 11 is 0. The summed E-state index contributed by atoms with van der Waals surface area (Å²) in [6.07, 6.45) is 1.70. The first-order chi connectivity index (χ1) is 17.2. The van der Waals surface area contributed by atoms with Crippen molar-refractivity contribution in [2.75, 3.05) is 40.5 Å². The molecule has 0 atom stereocenters. The summed E-state index contributed by atoms with van der Waals surface area (Å²) in [6, 6.07) is 21.7. The third-order valence-electron chi connectivity index (χ3n) is 6.14. The van der Waals surface area contributed by atoms with Gasteiger partial charge in [-0.3, -0.25) is 4.79 Å². The number of nitrogens with one attached hydrogen (secondary N) is 1. The van der Waals surface area contributed by atoms with Gasteiger partial charge in [-0.2, -0.15) is 0 Å². The van der Waals surface area contributed by atoms with E-state index in [0.29, 0.717) is 37.8 Å². The molecule has 1 N–H and O–H groups in total. The molecule has 3 aromatic carbocycles. The fourth-order valence-electron chi connectivity index (χ4n) is 4.23. The van der Waals surface area contributed by atoms with Crippen LogP contribution in [0.5, 0.6) is 11.5 Å². The number of rotatable bonds is 6. The SMILES string of the molecule is COc1ccc(C(=CC(=O)N2CCOCC2)c2ccc(-c3nc4ccccc4[nH]3)cc2)cc1OC. The lowest BCUT2D eigenvalue weighted by Gasteiger charge is -2.26. The number of hydrogen-bond acceptors (Lipinski definition) is 5. The van der Waals surface area contributed by atoms with Gasteiger partial charge < -0.3 is 24.1 Å². The van der Waals surface area contributed by atoms with Crippen molar-refractivity contribution in [1.82, 2.24) is 14.9 Å². The van der Waals surface area contributed by atoms with E-state index >= 15 is 0 Å². The molecular weight excluding hydrogens is 442 g/mol. The number of methoxy groups -OCH3 is 2. The molecule has 0 spiro atoms. The van der Waals surface area contributed by atoms with Crippen molar-refractivity contribution in [3.63, 3.8) is 0 Å². The number of fused-ring (bicyclic) bond motifs is 1. The van der Waals surface area contributed by atoms with Gasteiger partial charge in [-0.05, 0) is 41.0 Å². The van der Waals surface area contributed by atoms with E-state index in [0.717, 1.165) is 39.1 Å². The minimum Gasteiger partial charge on any atom is -0.493 e. The van der Waals surface area contributed by atoms with E-state index in [2.05, 4.69) is 4.98 Å². The Morgan fingerprint density at radius 3 is 2.37 bits per heavy atom. The van der Waals surface area contributed by atoms with Crippen molar-refractivity contribution >= 4 is 22.5 Å². The van der Waals surface area contributed by atoms with Crippen LogP contribution in [-0.4, -0.2) is 61.3 Å². The fourth-order valence-corrected chi connectivity index (χ4v) is 4.23. The molecule has 1 aromatic heterocycles. The number of aromatic nitrogens is 2. The standard InChI is InChI=1S/C28H27N3O4/c1-33-25-12-11-21(17-26(25)34-2)22(18-27(32)31-13-15-35-16-14-31)19-7-9-20(10-8-19)28-29-23-5-3-4-6-24(23)30-28/h3-12,17-18H,13-16H2,1-2H3,(H,29,30). The van der Waals surface area contributed by atoms with Gasteiger partial charge in [0.2, 0.25) is 5.91 Å². The molecule has 5 rings (SSSR count). The molecule has 7 nitrogen and oxygen atoms in total. The molecule has 4 aromatic rings. The van der Waals surface area contributed by atoms with Crippen molar-refractivity contribution < 1.29 is 19.0 Å². The summed E-state index contributed by atoms with van der Waals surface area (Å²) in [6.45, 7) is 2.27. The van der Waals surface area contributed by atoms with Crippen LogP contribution in [0.3, 0.4) is 0 Å². The first kappa shape index (κ1) is 22.7. The number of amides is 1. The highest BCUT2D eigenvalue weighted by Gasteiger charge is 2.18. The van der Waals surface area contributed by atoms with Crippen LogP contribution in [0.2, 0.25) is 0 Å². The summed E-state index contributed by atoms with van der Waals surface area (Å²) in [5.74, 6) is 2.00. The lowest BCUT2D eigenvalue weighted by molar-refractivity contribution is -0.129. The third-order valence-corrected chi connectivity index (χ3v) is 6.14. The number of hydrogen-bond donors (Lipinski definition) is 1. The average Bonchev–Trinajstić information content (AvgIpc) is 3.36. The Bertz CT molecular complexity index is 1340. The van der Waals surface area contributed by atoms with E-state index in [1.807, 2.05) is 71.6 Å². The molecule has 1 saturated heterocycles. The van der Waals surface area contributed by atoms with Gasteiger partial charge >= 0.3 is 0 Å². The van der Waals surface area contributed by atoms with E-state index in [9.17, 15) is 4.79 Å². The molecular formula is C28H27N3O4. The number of ether oxygens (including phenoxy) is 3. The third kappa shape index (κ3) is 4.76. The Labute approximate surface area is 204 Å². The average molecular weight is 470 g/mol. The van der Waals surface area contributed by atoms with E-state index in [-0.39, 0.29) is 5.91 Å². The molecule has 1 fully saturated rings. The quantitative estimate of drug-likeness (QED) is 0.420. The number of imidazole rings is 1. The van der Waals surface area contributed by atoms with Crippen LogP contribution < -0.4 is 9.47 Å². The molecule has 178 valence electrons. The zero-order chi connectivity index (χ0) is 24.2. The normalized spacial score (nSPS) is 14.2. The van der Waals surface area contributed by atoms with Gasteiger partial charge in [0.15, 0.2) is 11.5 Å². The molecule has 1 amide bonds. The molecule has 0 unspecified atom stereocenters. The van der Waals surface area contributed by atoms with Gasteiger partial charge in [-0.15, -0.1) is 0 Å². The zero-order valence-corrected chi connectivity index (χ0v) is 19.8. The second kappa shape index (κ2) is 10.0. The Kier molecular flexibility index (Phi) is 6.50. The second-order valence-corrected chi connectivity index (χ2v) is 8.25. The van der Waals surface area contributed by atoms with Gasteiger partial charge in [0.05, 0.1) is 38.5 Å². The van der Waals surface area contributed by atoms with Gasteiger partial charge in [0, 0.05) is 24.7 Å². The maximum Gasteiger partial charge on any atom is 0.247 e. The van der Waals surface area contributed by atoms with Crippen LogP contribution in [-0.2, 0) is 9.53 Å². The molecule has 7 heteroatoms. The summed E-state index contributed by atoms with van der Waals surface area (Å²) in [7, 11) is 3.21. The van der Waals surface area contributed by atoms with Gasteiger partial charge in [-0.25, -0.2) is 4.98 Å². The van der Waals surface area contributed by atoms with Crippen molar-refractivity contribution in [1.29, 1.82) is 0 Å². The maximum absolute atomic E-state index is 13.1. The monoisotopic (exact) mass is 469 g/mol. The number of aromatic amines is 1. The minimum atomic E-state index is -0.0422. The minimum absolute atomic E-state index is 0.0422. The fraction of sp³-hybridized carbons (Fsp3) is 0.214. The van der Waals surface area contributed by atoms with Crippen LogP contribution in [0.15, 0.2) is 72.8 Å². The smallest absolute Gasteiger partial charge is 0.247 e. The van der Waals surface area contributed by atoms with Crippen LogP contribution >= 0.6 is 0 Å². The molecule has 0 bridgehead atoms. The van der Waals surface area contributed by atoms with E-state index in [1.165, 1.54) is 0 Å². The topological polar surface area (TPSA) is 76.7 Å². The summed E-state index contributed by atoms with van der Waals surface area (Å²) in [5.41, 5.74) is 5.47. The van der Waals surface area contributed by atoms with Gasteiger partial charge in [0.25, 0.3) is 0 Å². The lowest BCUT2D eigenvalue weighted by atomic mass is 9.95. The zero-order valence-electron chi connectivity index (χ0n) is 19.8. The lowest BCUT2D eigenvalue weighted by Crippen LogP contribution is -2.39. The van der Waals surface area contributed by atoms with Crippen molar-refractivity contribution in [3.8, 4) is 22.9 Å². The second-order valence-electron chi connectivity index (χ2n) is 8.25. The first-order valence-electron chi connectivity index (χ1n) is 11.5. The number of nitrogens with zero attached hydrogens (tertiary/aromatic N) is 2. The highest BCUT2D eigenvalue weighted by molar-refractivity contribution is 5.99. The molecule has 35 heavy (non-hydrogen) atoms. The Balaban J connectivity index is 1.53. The van der Waals surface area contributed by atoms with E-state index in [1.54, 1.807) is 20.3 Å². The van der Waals surface area contributed by atoms with E-state index < -0.39 is 0 Å². The maximum atomic E-state index is 13.1. The van der Waals surface area contributed by atoms with E-state index in [4.69, 9.17) is 19.2 Å². The van der Waals surface area contributed by atoms with Crippen LogP contribution in [0.4, 0.5) is 0 Å². The largest absolute Gasteiger partial charge is 0.493 e. The number of benzene rings is 3. The van der Waals surface area contributed by atoms with Crippen LogP contribution in [0.25, 0.3) is 28.0 Å². The Hall–Kier alpha value is -4.10. The number of para-hydroxylation sites is 2. The Morgan fingerprint density at radius 1 is 0.943 bits per heavy atom. The highest BCUT2D eigenvalue weighted by atomic mass is 16.5. The molecule has 1 aliphatic rings. The van der Waals surface area contributed by atoms with Gasteiger partial charge in [-0.1, -0.05) is 42.5 Å². The van der Waals surface area contributed by atoms with Gasteiger partial charge in [0.1, 0.15) is 5.82 Å². The molecule has 0 aliphatic carbocycles. The Morgan fingerprint density at radius 2 is 1.66 bits per heavy atom. The van der Waals surface area contributed by atoms with Crippen molar-refractivity contribution in [2.45, 2.75) is 0 Å². The molecule has 1 aliphatic heterocycles. The molecule has 2 heterocycles. The number of carbonyl (C=O) groups excluding carboxylic acids is 1. The highest BCUT2D eigenvalue weighted by Crippen LogP contribution is 2.34. The predicted octanol–water partition coefficient (Wildman–Crippen LogP) is 4.54. The molecule has 0 radical (unpaired) electrons.